The van der Waals surface area contributed by atoms with Gasteiger partial charge in [-0.1, -0.05) is 27.2 Å². The molecule has 0 aliphatic heterocycles. The van der Waals surface area contributed by atoms with E-state index in [1.54, 1.807) is 10.7 Å². The lowest BCUT2D eigenvalue weighted by atomic mass is 10.0. The lowest BCUT2D eigenvalue weighted by Crippen LogP contribution is -2.21. The third kappa shape index (κ3) is 2.48. The van der Waals surface area contributed by atoms with Crippen molar-refractivity contribution in [2.45, 2.75) is 6.04 Å². The molecule has 96 valence electrons. The van der Waals surface area contributed by atoms with Gasteiger partial charge in [0.25, 0.3) is 0 Å². The largest absolute Gasteiger partial charge is 0.308 e. The first kappa shape index (κ1) is 13.6. The van der Waals surface area contributed by atoms with E-state index in [2.05, 4.69) is 47.5 Å². The van der Waals surface area contributed by atoms with Gasteiger partial charge in [0.15, 0.2) is 4.60 Å². The van der Waals surface area contributed by atoms with Gasteiger partial charge in [0.1, 0.15) is 5.82 Å². The molecule has 1 atom stereocenters. The molecule has 0 saturated heterocycles. The Labute approximate surface area is 121 Å². The molecule has 0 aliphatic rings. The first-order valence-electron chi connectivity index (χ1n) is 5.22. The summed E-state index contributed by atoms with van der Waals surface area (Å²) >= 11 is 6.75. The highest BCUT2D eigenvalue weighted by Crippen LogP contribution is 2.31. The highest BCUT2D eigenvalue weighted by Gasteiger charge is 2.22. The van der Waals surface area contributed by atoms with Gasteiger partial charge >= 0.3 is 0 Å². The smallest absolute Gasteiger partial charge is 0.153 e. The van der Waals surface area contributed by atoms with E-state index in [4.69, 9.17) is 0 Å². The fourth-order valence-corrected chi connectivity index (χ4v) is 2.96. The molecule has 0 amide bonds. The molecule has 0 radical (unpaired) electrons. The highest BCUT2D eigenvalue weighted by atomic mass is 79.9. The zero-order chi connectivity index (χ0) is 13.3. The molecule has 7 heteroatoms. The summed E-state index contributed by atoms with van der Waals surface area (Å²) in [6, 6.07) is 4.48. The van der Waals surface area contributed by atoms with Gasteiger partial charge in [-0.25, -0.2) is 9.07 Å². The second kappa shape index (κ2) is 5.46. The topological polar surface area (TPSA) is 42.7 Å². The summed E-state index contributed by atoms with van der Waals surface area (Å²) in [6.45, 7) is 0. The average Bonchev–Trinajstić information content (AvgIpc) is 2.64. The van der Waals surface area contributed by atoms with Crippen molar-refractivity contribution in [3.8, 4) is 0 Å². The molecule has 0 saturated carbocycles. The number of halogens is 3. The van der Waals surface area contributed by atoms with Crippen LogP contribution in [0.4, 0.5) is 4.39 Å². The monoisotopic (exact) mass is 376 g/mol. The van der Waals surface area contributed by atoms with Crippen molar-refractivity contribution >= 4 is 31.9 Å². The maximum Gasteiger partial charge on any atom is 0.153 e. The quantitative estimate of drug-likeness (QED) is 0.894. The molecule has 18 heavy (non-hydrogen) atoms. The molecule has 1 N–H and O–H groups in total. The Balaban J connectivity index is 2.52. The van der Waals surface area contributed by atoms with E-state index in [0.29, 0.717) is 9.08 Å². The second-order valence-electron chi connectivity index (χ2n) is 3.78. The first-order valence-corrected chi connectivity index (χ1v) is 6.80. The van der Waals surface area contributed by atoms with Crippen LogP contribution < -0.4 is 5.32 Å². The van der Waals surface area contributed by atoms with Gasteiger partial charge in [-0.2, -0.15) is 0 Å². The van der Waals surface area contributed by atoms with Crippen molar-refractivity contribution in [2.75, 3.05) is 7.05 Å². The van der Waals surface area contributed by atoms with Crippen LogP contribution >= 0.6 is 31.9 Å². The summed E-state index contributed by atoms with van der Waals surface area (Å²) in [4.78, 5) is 0. The van der Waals surface area contributed by atoms with E-state index in [0.717, 1.165) is 11.3 Å². The van der Waals surface area contributed by atoms with Crippen molar-refractivity contribution in [3.05, 3.63) is 44.3 Å². The number of aromatic nitrogens is 3. The van der Waals surface area contributed by atoms with Crippen LogP contribution in [-0.4, -0.2) is 22.0 Å². The van der Waals surface area contributed by atoms with Crippen LogP contribution in [0.3, 0.4) is 0 Å². The molecule has 2 aromatic rings. The predicted molar refractivity (Wildman–Crippen MR) is 73.7 cm³/mol. The van der Waals surface area contributed by atoms with Crippen molar-refractivity contribution < 1.29 is 4.39 Å². The van der Waals surface area contributed by atoms with E-state index in [9.17, 15) is 4.39 Å². The van der Waals surface area contributed by atoms with Gasteiger partial charge in [-0.05, 0) is 40.7 Å². The van der Waals surface area contributed by atoms with Crippen LogP contribution in [0.2, 0.25) is 0 Å². The fourth-order valence-electron chi connectivity index (χ4n) is 1.82. The molecule has 1 unspecified atom stereocenters. The Morgan fingerprint density at radius 2 is 2.11 bits per heavy atom. The minimum atomic E-state index is -0.275. The molecular weight excluding hydrogens is 367 g/mol. The molecule has 1 aromatic heterocycles. The van der Waals surface area contributed by atoms with E-state index < -0.39 is 0 Å². The van der Waals surface area contributed by atoms with Crippen molar-refractivity contribution in [1.29, 1.82) is 0 Å². The van der Waals surface area contributed by atoms with Gasteiger partial charge in [0, 0.05) is 11.5 Å². The van der Waals surface area contributed by atoms with E-state index >= 15 is 0 Å². The Morgan fingerprint density at radius 1 is 1.39 bits per heavy atom. The number of aryl methyl sites for hydroxylation is 1. The van der Waals surface area contributed by atoms with Crippen LogP contribution in [0.5, 0.6) is 0 Å². The number of rotatable bonds is 3. The van der Waals surface area contributed by atoms with Crippen molar-refractivity contribution in [3.63, 3.8) is 0 Å². The molecule has 0 spiro atoms. The lowest BCUT2D eigenvalue weighted by Gasteiger charge is -2.18. The Hall–Kier alpha value is -0.790. The summed E-state index contributed by atoms with van der Waals surface area (Å²) in [5, 5.41) is 11.1. The molecule has 0 fully saturated rings. The number of benzene rings is 1. The Kier molecular flexibility index (Phi) is 4.14. The Bertz CT molecular complexity index is 551. The maximum absolute atomic E-state index is 13.1. The summed E-state index contributed by atoms with van der Waals surface area (Å²) in [6.07, 6.45) is 0. The van der Waals surface area contributed by atoms with Gasteiger partial charge in [0.05, 0.1) is 11.7 Å². The van der Waals surface area contributed by atoms with Crippen LogP contribution in [0.1, 0.15) is 17.3 Å². The summed E-state index contributed by atoms with van der Waals surface area (Å²) in [5.41, 5.74) is 1.80. The predicted octanol–water partition coefficient (Wildman–Crippen LogP) is 2.79. The van der Waals surface area contributed by atoms with Crippen LogP contribution in [0, 0.1) is 5.82 Å². The summed E-state index contributed by atoms with van der Waals surface area (Å²) in [5.74, 6) is -0.275. The van der Waals surface area contributed by atoms with Gasteiger partial charge in [-0.15, -0.1) is 5.10 Å². The molecule has 1 aromatic carbocycles. The minimum Gasteiger partial charge on any atom is -0.308 e. The zero-order valence-electron chi connectivity index (χ0n) is 9.78. The number of hydrogen-bond acceptors (Lipinski definition) is 3. The number of nitrogens with one attached hydrogen (secondary N) is 1. The van der Waals surface area contributed by atoms with Gasteiger partial charge in [0.2, 0.25) is 0 Å². The summed E-state index contributed by atoms with van der Waals surface area (Å²) < 4.78 is 16.2. The third-order valence-corrected chi connectivity index (χ3v) is 3.91. The molecule has 4 nitrogen and oxygen atoms in total. The molecule has 1 heterocycles. The standard InChI is InChI=1S/C11H11Br2FN4/c1-15-9(10-11(13)16-17-18(10)2)7-4-3-6(14)5-8(7)12/h3-5,9,15H,1-2H3. The SMILES string of the molecule is CNC(c1ccc(F)cc1Br)c1c(Br)nnn1C. The minimum absolute atomic E-state index is 0.130. The second-order valence-corrected chi connectivity index (χ2v) is 5.38. The molecule has 0 bridgehead atoms. The van der Waals surface area contributed by atoms with Gasteiger partial charge in [-0.3, -0.25) is 0 Å². The average molecular weight is 378 g/mol. The van der Waals surface area contributed by atoms with E-state index in [-0.39, 0.29) is 11.9 Å². The number of nitrogens with zero attached hydrogens (tertiary/aromatic N) is 3. The third-order valence-electron chi connectivity index (χ3n) is 2.66. The fraction of sp³-hybridized carbons (Fsp3) is 0.273. The highest BCUT2D eigenvalue weighted by molar-refractivity contribution is 9.10. The molecule has 2 rings (SSSR count). The van der Waals surface area contributed by atoms with Crippen molar-refractivity contribution in [1.82, 2.24) is 20.3 Å². The summed E-state index contributed by atoms with van der Waals surface area (Å²) in [7, 11) is 3.65. The van der Waals surface area contributed by atoms with E-state index in [1.807, 2.05) is 14.1 Å². The maximum atomic E-state index is 13.1. The number of hydrogen-bond donors (Lipinski definition) is 1. The lowest BCUT2D eigenvalue weighted by molar-refractivity contribution is 0.590. The zero-order valence-corrected chi connectivity index (χ0v) is 13.0. The first-order chi connectivity index (χ1) is 8.54. The molecule has 0 aliphatic carbocycles. The van der Waals surface area contributed by atoms with E-state index in [1.165, 1.54) is 12.1 Å². The molecular formula is C11H11Br2FN4. The van der Waals surface area contributed by atoms with Gasteiger partial charge < -0.3 is 5.32 Å². The van der Waals surface area contributed by atoms with Crippen LogP contribution in [0.25, 0.3) is 0 Å². The van der Waals surface area contributed by atoms with Crippen LogP contribution in [0.15, 0.2) is 27.3 Å². The van der Waals surface area contributed by atoms with Crippen molar-refractivity contribution in [2.24, 2.45) is 7.05 Å². The normalized spacial score (nSPS) is 12.7. The van der Waals surface area contributed by atoms with Crippen LogP contribution in [-0.2, 0) is 7.05 Å². The Morgan fingerprint density at radius 3 is 2.61 bits per heavy atom.